The van der Waals surface area contributed by atoms with E-state index in [0.717, 1.165) is 7.11 Å². The van der Waals surface area contributed by atoms with Crippen LogP contribution in [0.3, 0.4) is 0 Å². The van der Waals surface area contributed by atoms with Gasteiger partial charge < -0.3 is 9.15 Å². The molecule has 7 heteroatoms. The van der Waals surface area contributed by atoms with Gasteiger partial charge in [0.25, 0.3) is 0 Å². The first-order valence-corrected chi connectivity index (χ1v) is 7.93. The topological polar surface area (TPSA) is 39.4 Å². The first-order valence-electron chi connectivity index (χ1n) is 7.93. The molecule has 0 N–H and O–H groups in total. The normalized spacial score (nSPS) is 11.4. The lowest BCUT2D eigenvalue weighted by Gasteiger charge is -2.07. The quantitative estimate of drug-likeness (QED) is 0.446. The van der Waals surface area contributed by atoms with Gasteiger partial charge in [0.1, 0.15) is 17.1 Å². The number of alkyl halides is 3. The van der Waals surface area contributed by atoms with Crippen LogP contribution >= 0.6 is 0 Å². The van der Waals surface area contributed by atoms with Crippen molar-refractivity contribution in [2.75, 3.05) is 7.11 Å². The lowest BCUT2D eigenvalue weighted by Crippen LogP contribution is -2.12. The summed E-state index contributed by atoms with van der Waals surface area (Å²) < 4.78 is 64.1. The van der Waals surface area contributed by atoms with E-state index < -0.39 is 29.3 Å². The van der Waals surface area contributed by atoms with E-state index in [-0.39, 0.29) is 23.3 Å². The van der Waals surface area contributed by atoms with Crippen molar-refractivity contribution in [2.45, 2.75) is 12.6 Å². The molecule has 0 unspecified atom stereocenters. The minimum Gasteiger partial charge on any atom is -0.465 e. The van der Waals surface area contributed by atoms with Gasteiger partial charge in [0.05, 0.1) is 7.11 Å². The number of furan rings is 1. The second kappa shape index (κ2) is 7.26. The molecule has 0 aliphatic carbocycles. The van der Waals surface area contributed by atoms with Gasteiger partial charge in [-0.25, -0.2) is 9.18 Å². The van der Waals surface area contributed by atoms with Crippen LogP contribution in [0.25, 0.3) is 11.1 Å². The van der Waals surface area contributed by atoms with Crippen LogP contribution in [0.4, 0.5) is 17.6 Å². The van der Waals surface area contributed by atoms with Gasteiger partial charge in [0.15, 0.2) is 0 Å². The van der Waals surface area contributed by atoms with Crippen molar-refractivity contribution < 1.29 is 31.5 Å². The molecule has 0 fully saturated rings. The molecule has 3 nitrogen and oxygen atoms in total. The van der Waals surface area contributed by atoms with Crippen LogP contribution in [0.2, 0.25) is 0 Å². The molecule has 2 aromatic carbocycles. The summed E-state index contributed by atoms with van der Waals surface area (Å²) in [7, 11) is 0.987. The Morgan fingerprint density at radius 2 is 1.67 bits per heavy atom. The molecule has 0 aliphatic rings. The molecule has 0 radical (unpaired) electrons. The van der Waals surface area contributed by atoms with Gasteiger partial charge in [-0.1, -0.05) is 48.5 Å². The van der Waals surface area contributed by atoms with Gasteiger partial charge in [0, 0.05) is 12.0 Å². The molecule has 3 rings (SSSR count). The highest BCUT2D eigenvalue weighted by Gasteiger charge is 2.43. The van der Waals surface area contributed by atoms with E-state index in [2.05, 4.69) is 4.74 Å². The molecular formula is C20H14F4O3. The van der Waals surface area contributed by atoms with Gasteiger partial charge in [0.2, 0.25) is 5.76 Å². The van der Waals surface area contributed by atoms with Gasteiger partial charge in [-0.3, -0.25) is 0 Å². The molecule has 0 spiro atoms. The highest BCUT2D eigenvalue weighted by atomic mass is 19.4. The van der Waals surface area contributed by atoms with E-state index in [1.165, 1.54) is 18.2 Å². The molecule has 0 amide bonds. The van der Waals surface area contributed by atoms with Gasteiger partial charge in [-0.2, -0.15) is 13.2 Å². The summed E-state index contributed by atoms with van der Waals surface area (Å²) in [4.78, 5) is 12.2. The Bertz CT molecular complexity index is 959. The number of ether oxygens (including phenoxy) is 1. The van der Waals surface area contributed by atoms with Crippen LogP contribution in [-0.4, -0.2) is 13.1 Å². The Kier molecular flexibility index (Phi) is 5.03. The molecule has 3 aromatic rings. The van der Waals surface area contributed by atoms with E-state index in [9.17, 15) is 22.4 Å². The summed E-state index contributed by atoms with van der Waals surface area (Å²) in [5, 5.41) is 0. The van der Waals surface area contributed by atoms with Crippen molar-refractivity contribution >= 4 is 5.97 Å². The third kappa shape index (κ3) is 3.72. The summed E-state index contributed by atoms with van der Waals surface area (Å²) in [6.07, 6.45) is -5.17. The van der Waals surface area contributed by atoms with Crippen molar-refractivity contribution in [3.63, 3.8) is 0 Å². The highest BCUT2D eigenvalue weighted by Crippen LogP contribution is 2.42. The maximum Gasteiger partial charge on any atom is 0.450 e. The smallest absolute Gasteiger partial charge is 0.450 e. The SMILES string of the molecule is COC(=O)c1c(C(F)(F)F)oc(Cc2ccccc2F)c1-c1ccccc1. The Balaban J connectivity index is 2.27. The average molecular weight is 378 g/mol. The molecule has 0 bridgehead atoms. The van der Waals surface area contributed by atoms with E-state index in [4.69, 9.17) is 4.42 Å². The average Bonchev–Trinajstić information content (AvgIpc) is 3.03. The summed E-state index contributed by atoms with van der Waals surface area (Å²) in [6, 6.07) is 13.7. The number of benzene rings is 2. The highest BCUT2D eigenvalue weighted by molar-refractivity contribution is 5.99. The van der Waals surface area contributed by atoms with Gasteiger partial charge >= 0.3 is 12.1 Å². The van der Waals surface area contributed by atoms with E-state index in [0.29, 0.717) is 5.56 Å². The van der Waals surface area contributed by atoms with E-state index >= 15 is 0 Å². The van der Waals surface area contributed by atoms with E-state index in [1.807, 2.05) is 0 Å². The third-order valence-corrected chi connectivity index (χ3v) is 4.00. The lowest BCUT2D eigenvalue weighted by atomic mass is 9.97. The van der Waals surface area contributed by atoms with Crippen LogP contribution in [0.5, 0.6) is 0 Å². The number of halogens is 4. The Morgan fingerprint density at radius 3 is 2.26 bits per heavy atom. The maximum atomic E-state index is 14.0. The first-order chi connectivity index (χ1) is 12.8. The zero-order valence-corrected chi connectivity index (χ0v) is 14.1. The summed E-state index contributed by atoms with van der Waals surface area (Å²) >= 11 is 0. The van der Waals surface area contributed by atoms with Gasteiger partial charge in [-0.05, 0) is 17.2 Å². The number of hydrogen-bond acceptors (Lipinski definition) is 3. The predicted molar refractivity (Wildman–Crippen MR) is 89.7 cm³/mol. The van der Waals surface area contributed by atoms with E-state index in [1.54, 1.807) is 36.4 Å². The molecular weight excluding hydrogens is 364 g/mol. The van der Waals surface area contributed by atoms with Crippen molar-refractivity contribution in [3.8, 4) is 11.1 Å². The first kappa shape index (κ1) is 18.7. The van der Waals surface area contributed by atoms with Crippen LogP contribution < -0.4 is 0 Å². The minimum absolute atomic E-state index is 0.0574. The predicted octanol–water partition coefficient (Wildman–Crippen LogP) is 5.48. The van der Waals surface area contributed by atoms with Crippen molar-refractivity contribution in [1.29, 1.82) is 0 Å². The van der Waals surface area contributed by atoms with Gasteiger partial charge in [-0.15, -0.1) is 0 Å². The number of rotatable bonds is 4. The Morgan fingerprint density at radius 1 is 1.04 bits per heavy atom. The monoisotopic (exact) mass is 378 g/mol. The molecule has 0 saturated heterocycles. The third-order valence-electron chi connectivity index (χ3n) is 4.00. The van der Waals surface area contributed by atoms with Crippen LogP contribution in [-0.2, 0) is 17.3 Å². The second-order valence-corrected chi connectivity index (χ2v) is 5.73. The van der Waals surface area contributed by atoms with Crippen LogP contribution in [0.15, 0.2) is 59.0 Å². The number of carbonyl (C=O) groups is 1. The van der Waals surface area contributed by atoms with Crippen molar-refractivity contribution in [1.82, 2.24) is 0 Å². The molecule has 140 valence electrons. The molecule has 0 atom stereocenters. The Hall–Kier alpha value is -3.09. The molecule has 27 heavy (non-hydrogen) atoms. The fraction of sp³-hybridized carbons (Fsp3) is 0.150. The standard InChI is InChI=1S/C20H14F4O3/c1-26-19(25)17-16(12-7-3-2-4-8-12)15(27-18(17)20(22,23)24)11-13-9-5-6-10-14(13)21/h2-10H,11H2,1H3. The van der Waals surface area contributed by atoms with Crippen LogP contribution in [0, 0.1) is 5.82 Å². The van der Waals surface area contributed by atoms with Crippen molar-refractivity contribution in [2.24, 2.45) is 0 Å². The molecule has 0 aliphatic heterocycles. The lowest BCUT2D eigenvalue weighted by molar-refractivity contribution is -0.153. The molecule has 1 aromatic heterocycles. The number of methoxy groups -OCH3 is 1. The minimum atomic E-state index is -4.92. The zero-order chi connectivity index (χ0) is 19.6. The molecule has 0 saturated carbocycles. The fourth-order valence-electron chi connectivity index (χ4n) is 2.82. The maximum absolute atomic E-state index is 14.0. The van der Waals surface area contributed by atoms with Crippen LogP contribution in [0.1, 0.15) is 27.4 Å². The molecule has 1 heterocycles. The van der Waals surface area contributed by atoms with Crippen molar-refractivity contribution in [3.05, 3.63) is 83.1 Å². The summed E-state index contributed by atoms with van der Waals surface area (Å²) in [6.45, 7) is 0. The fourth-order valence-corrected chi connectivity index (χ4v) is 2.82. The number of carbonyl (C=O) groups excluding carboxylic acids is 1. The summed E-state index contributed by atoms with van der Waals surface area (Å²) in [5.74, 6) is -3.38. The zero-order valence-electron chi connectivity index (χ0n) is 14.1. The Labute approximate surface area is 152 Å². The largest absolute Gasteiger partial charge is 0.465 e. The second-order valence-electron chi connectivity index (χ2n) is 5.73. The summed E-state index contributed by atoms with van der Waals surface area (Å²) in [5.41, 5.74) is -0.294. The number of hydrogen-bond donors (Lipinski definition) is 0. The number of esters is 1.